The van der Waals surface area contributed by atoms with Crippen LogP contribution in [0.4, 0.5) is 0 Å². The summed E-state index contributed by atoms with van der Waals surface area (Å²) in [6.45, 7) is 36.3. The van der Waals surface area contributed by atoms with Crippen LogP contribution in [0.5, 0.6) is 0 Å². The van der Waals surface area contributed by atoms with E-state index in [9.17, 15) is 16.8 Å². The zero-order valence-corrected chi connectivity index (χ0v) is 33.9. The Morgan fingerprint density at radius 3 is 1.07 bits per heavy atom. The first-order chi connectivity index (χ1) is 20.6. The summed E-state index contributed by atoms with van der Waals surface area (Å²) in [5.41, 5.74) is 13.7. The Balaban J connectivity index is 0.000000462. The molecule has 1 unspecified atom stereocenters. The van der Waals surface area contributed by atoms with Crippen LogP contribution in [0.1, 0.15) is 122 Å². The molecule has 0 radical (unpaired) electrons. The van der Waals surface area contributed by atoms with Crippen LogP contribution in [0, 0.1) is 80.6 Å². The average Bonchev–Trinajstić information content (AvgIpc) is 2.91. The van der Waals surface area contributed by atoms with Gasteiger partial charge in [-0.3, -0.25) is 8.37 Å². The maximum Gasteiger partial charge on any atom is 0.268 e. The normalized spacial score (nSPS) is 13.5. The number of rotatable bonds is 11. The van der Waals surface area contributed by atoms with Gasteiger partial charge in [-0.05, 0) is 181 Å². The molecule has 8 heteroatoms. The first kappa shape index (κ1) is 42.3. The second-order valence-corrected chi connectivity index (χ2v) is 18.5. The summed E-state index contributed by atoms with van der Waals surface area (Å²) in [5, 5.41) is 0. The van der Waals surface area contributed by atoms with Crippen molar-refractivity contribution >= 4 is 20.2 Å². The molecule has 264 valence electrons. The van der Waals surface area contributed by atoms with Gasteiger partial charge < -0.3 is 0 Å². The maximum atomic E-state index is 12.5. The molecule has 0 aliphatic carbocycles. The van der Waals surface area contributed by atoms with Gasteiger partial charge in [0.2, 0.25) is 0 Å². The third-order valence-corrected chi connectivity index (χ3v) is 13.6. The minimum atomic E-state index is -3.59. The second-order valence-electron chi connectivity index (χ2n) is 15.1. The smallest absolute Gasteiger partial charge is 0.267 e. The largest absolute Gasteiger partial charge is 0.268 e. The van der Waals surface area contributed by atoms with Crippen LogP contribution in [0.15, 0.2) is 0 Å². The van der Waals surface area contributed by atoms with Gasteiger partial charge in [0.1, 0.15) is 0 Å². The molecule has 2 rings (SSSR count). The molecule has 2 aromatic rings. The van der Waals surface area contributed by atoms with Crippen molar-refractivity contribution in [2.45, 2.75) is 149 Å². The van der Waals surface area contributed by atoms with E-state index >= 15 is 0 Å². The summed E-state index contributed by atoms with van der Waals surface area (Å²) < 4.78 is 60.1. The van der Waals surface area contributed by atoms with Crippen LogP contribution >= 0.6 is 0 Å². The van der Waals surface area contributed by atoms with E-state index in [1.165, 1.54) is 55.6 Å². The molecule has 0 N–H and O–H groups in total. The molecule has 0 bridgehead atoms. The van der Waals surface area contributed by atoms with E-state index in [1.54, 1.807) is 6.92 Å². The molecule has 1 atom stereocenters. The fraction of sp³-hybridized carbons (Fsp3) is 0.684. The van der Waals surface area contributed by atoms with Crippen LogP contribution in [-0.4, -0.2) is 40.0 Å². The number of hydrogen-bond donors (Lipinski definition) is 0. The van der Waals surface area contributed by atoms with Crippen molar-refractivity contribution in [2.24, 2.45) is 11.3 Å². The van der Waals surface area contributed by atoms with E-state index in [2.05, 4.69) is 69.2 Å². The Bertz CT molecular complexity index is 1550. The molecule has 0 fully saturated rings. The third kappa shape index (κ3) is 10.6. The SMILES string of the molecule is Cc1c(C)c(C)c(CCS(=O)(=O)OC(C)(C)C(C)(C)C)c(C)c1C.Cc1c(C)c(C)c(CCS(=O)(=O)OC(C)C(C)C)c(C)c1C. The lowest BCUT2D eigenvalue weighted by Crippen LogP contribution is -2.41. The molecule has 0 aliphatic rings. The highest BCUT2D eigenvalue weighted by Gasteiger charge is 2.38. The van der Waals surface area contributed by atoms with E-state index in [-0.39, 0.29) is 28.9 Å². The summed E-state index contributed by atoms with van der Waals surface area (Å²) in [4.78, 5) is 0. The highest BCUT2D eigenvalue weighted by atomic mass is 32.2. The predicted molar refractivity (Wildman–Crippen MR) is 195 cm³/mol. The minimum Gasteiger partial charge on any atom is -0.267 e. The van der Waals surface area contributed by atoms with Crippen molar-refractivity contribution in [3.05, 3.63) is 66.8 Å². The fourth-order valence-electron chi connectivity index (χ4n) is 5.23. The van der Waals surface area contributed by atoms with Gasteiger partial charge >= 0.3 is 0 Å². The summed E-state index contributed by atoms with van der Waals surface area (Å²) in [6, 6.07) is 0. The summed E-state index contributed by atoms with van der Waals surface area (Å²) >= 11 is 0. The minimum absolute atomic E-state index is 0.0101. The van der Waals surface area contributed by atoms with Crippen molar-refractivity contribution in [1.29, 1.82) is 0 Å². The van der Waals surface area contributed by atoms with E-state index in [1.807, 2.05) is 48.5 Å². The van der Waals surface area contributed by atoms with Crippen molar-refractivity contribution in [1.82, 2.24) is 0 Å². The van der Waals surface area contributed by atoms with Crippen molar-refractivity contribution in [3.8, 4) is 0 Å². The third-order valence-electron chi connectivity index (χ3n) is 10.9. The van der Waals surface area contributed by atoms with Gasteiger partial charge in [0, 0.05) is 0 Å². The zero-order chi connectivity index (χ0) is 36.3. The summed E-state index contributed by atoms with van der Waals surface area (Å²) in [6.07, 6.45) is 0.711. The molecule has 0 aliphatic heterocycles. The van der Waals surface area contributed by atoms with Gasteiger partial charge in [-0.15, -0.1) is 0 Å². The molecule has 0 saturated carbocycles. The average molecular weight is 681 g/mol. The fourth-order valence-corrected chi connectivity index (χ4v) is 7.89. The Morgan fingerprint density at radius 2 is 0.783 bits per heavy atom. The Labute approximate surface area is 283 Å². The van der Waals surface area contributed by atoms with Crippen molar-refractivity contribution in [3.63, 3.8) is 0 Å². The second kappa shape index (κ2) is 15.7. The van der Waals surface area contributed by atoms with Gasteiger partial charge in [-0.1, -0.05) is 34.6 Å². The molecule has 0 amide bonds. The quantitative estimate of drug-likeness (QED) is 0.220. The molecular weight excluding hydrogens is 617 g/mol. The van der Waals surface area contributed by atoms with Crippen LogP contribution in [0.2, 0.25) is 0 Å². The molecule has 46 heavy (non-hydrogen) atoms. The molecular formula is C38H64O6S2. The molecule has 6 nitrogen and oxygen atoms in total. The lowest BCUT2D eigenvalue weighted by molar-refractivity contribution is 0.00693. The number of benzene rings is 2. The van der Waals surface area contributed by atoms with Gasteiger partial charge in [0.15, 0.2) is 0 Å². The van der Waals surface area contributed by atoms with Gasteiger partial charge in [0.25, 0.3) is 20.2 Å². The van der Waals surface area contributed by atoms with Crippen LogP contribution in [0.3, 0.4) is 0 Å². The Morgan fingerprint density at radius 1 is 0.500 bits per heavy atom. The summed E-state index contributed by atoms with van der Waals surface area (Å²) in [7, 11) is -7.08. The van der Waals surface area contributed by atoms with Gasteiger partial charge in [0.05, 0.1) is 23.2 Å². The van der Waals surface area contributed by atoms with E-state index in [4.69, 9.17) is 8.37 Å². The Hall–Kier alpha value is -1.74. The topological polar surface area (TPSA) is 86.7 Å². The lowest BCUT2D eigenvalue weighted by Gasteiger charge is -2.37. The van der Waals surface area contributed by atoms with E-state index in [0.717, 1.165) is 11.1 Å². The van der Waals surface area contributed by atoms with Crippen LogP contribution in [0.25, 0.3) is 0 Å². The van der Waals surface area contributed by atoms with Gasteiger partial charge in [-0.2, -0.15) is 16.8 Å². The maximum absolute atomic E-state index is 12.5. The highest BCUT2D eigenvalue weighted by molar-refractivity contribution is 7.87. The monoisotopic (exact) mass is 680 g/mol. The zero-order valence-electron chi connectivity index (χ0n) is 32.2. The van der Waals surface area contributed by atoms with Gasteiger partial charge in [-0.25, -0.2) is 0 Å². The van der Waals surface area contributed by atoms with Crippen LogP contribution in [-0.2, 0) is 41.4 Å². The van der Waals surface area contributed by atoms with Crippen molar-refractivity contribution in [2.75, 3.05) is 11.5 Å². The molecule has 2 aromatic carbocycles. The highest BCUT2D eigenvalue weighted by Crippen LogP contribution is 2.35. The lowest BCUT2D eigenvalue weighted by atomic mass is 9.79. The standard InChI is InChI=1S/C20H34O3S.C18H30O3S/c1-13-14(2)16(4)18(17(5)15(13)3)11-12-24(21,22)23-20(9,10)19(6,7)8;1-11(2)17(8)21-22(19,20)10-9-18-15(6)13(4)12(3)14(5)16(18)7/h11-12H2,1-10H3;11,17H,9-10H2,1-8H3. The molecule has 0 spiro atoms. The van der Waals surface area contributed by atoms with E-state index in [0.29, 0.717) is 12.8 Å². The molecule has 0 heterocycles. The van der Waals surface area contributed by atoms with E-state index < -0.39 is 25.8 Å². The first-order valence-corrected chi connectivity index (χ1v) is 19.7. The first-order valence-electron chi connectivity index (χ1n) is 16.5. The molecule has 0 saturated heterocycles. The Kier molecular flexibility index (Phi) is 14.4. The predicted octanol–water partition coefficient (Wildman–Crippen LogP) is 9.10. The molecule has 0 aromatic heterocycles. The number of hydrogen-bond acceptors (Lipinski definition) is 6. The van der Waals surface area contributed by atoms with Crippen LogP contribution < -0.4 is 0 Å². The van der Waals surface area contributed by atoms with Crippen molar-refractivity contribution < 1.29 is 25.2 Å². The summed E-state index contributed by atoms with van der Waals surface area (Å²) in [5.74, 6) is 0.228.